The molecule has 1 heterocycles. The third kappa shape index (κ3) is 5.74. The molecule has 0 bridgehead atoms. The van der Waals surface area contributed by atoms with E-state index in [-0.39, 0.29) is 5.95 Å². The van der Waals surface area contributed by atoms with Crippen LogP contribution >= 0.6 is 23.2 Å². The van der Waals surface area contributed by atoms with Gasteiger partial charge in [-0.1, -0.05) is 23.2 Å². The average molecular weight is 383 g/mol. The van der Waals surface area contributed by atoms with E-state index in [1.807, 2.05) is 32.0 Å². The molecule has 0 saturated heterocycles. The van der Waals surface area contributed by atoms with Crippen LogP contribution in [0.15, 0.2) is 24.3 Å². The number of rotatable bonds is 6. The molecule has 0 aliphatic heterocycles. The second kappa shape index (κ2) is 8.84. The number of anilines is 3. The highest BCUT2D eigenvalue weighted by Crippen LogP contribution is 2.25. The largest absolute Gasteiger partial charge is 0.358 e. The van der Waals surface area contributed by atoms with Crippen LogP contribution in [0.4, 0.5) is 22.2 Å². The second-order valence-corrected chi connectivity index (χ2v) is 6.24. The molecule has 7 nitrogen and oxygen atoms in total. The number of likely N-dealkylation sites (N-methyl/N-ethyl adjacent to an activating group) is 2. The molecular weight excluding hydrogens is 363 g/mol. The monoisotopic (exact) mass is 382 g/mol. The van der Waals surface area contributed by atoms with E-state index in [1.54, 1.807) is 18.2 Å². The Hall–Kier alpha value is -2.09. The zero-order valence-corrected chi connectivity index (χ0v) is 15.7. The minimum atomic E-state index is -0.465. The molecule has 0 aliphatic carbocycles. The summed E-state index contributed by atoms with van der Waals surface area (Å²) in [6, 6.07) is 6.22. The molecule has 0 unspecified atom stereocenters. The summed E-state index contributed by atoms with van der Waals surface area (Å²) < 4.78 is 0. The molecule has 2 aromatic rings. The van der Waals surface area contributed by atoms with Crippen molar-refractivity contribution in [2.75, 3.05) is 42.7 Å². The number of hydrogen-bond acceptors (Lipinski definition) is 5. The number of urea groups is 1. The SMILES string of the molecule is CNCCN(C)c1cc(C)nc(NC(=O)Nc2ccc(Cl)c(Cl)c2)n1. The molecule has 1 aromatic heterocycles. The lowest BCUT2D eigenvalue weighted by atomic mass is 10.3. The highest BCUT2D eigenvalue weighted by molar-refractivity contribution is 6.42. The van der Waals surface area contributed by atoms with Crippen molar-refractivity contribution in [2.24, 2.45) is 0 Å². The predicted molar refractivity (Wildman–Crippen MR) is 103 cm³/mol. The summed E-state index contributed by atoms with van der Waals surface area (Å²) in [4.78, 5) is 22.7. The lowest BCUT2D eigenvalue weighted by Crippen LogP contribution is -2.28. The average Bonchev–Trinajstić information content (AvgIpc) is 2.55. The smallest absolute Gasteiger partial charge is 0.326 e. The van der Waals surface area contributed by atoms with Crippen molar-refractivity contribution in [3.8, 4) is 0 Å². The number of hydrogen-bond donors (Lipinski definition) is 3. The summed E-state index contributed by atoms with van der Waals surface area (Å²) in [6.45, 7) is 3.45. The maximum absolute atomic E-state index is 12.1. The van der Waals surface area contributed by atoms with Gasteiger partial charge >= 0.3 is 6.03 Å². The number of nitrogens with one attached hydrogen (secondary N) is 3. The fourth-order valence-corrected chi connectivity index (χ4v) is 2.33. The quantitative estimate of drug-likeness (QED) is 0.712. The summed E-state index contributed by atoms with van der Waals surface area (Å²) in [7, 11) is 3.82. The molecular formula is C16H20Cl2N6O. The molecule has 134 valence electrons. The number of carbonyl (C=O) groups is 1. The number of nitrogens with zero attached hydrogens (tertiary/aromatic N) is 3. The molecule has 0 atom stereocenters. The van der Waals surface area contributed by atoms with Crippen LogP contribution in [-0.2, 0) is 0 Å². The van der Waals surface area contributed by atoms with Gasteiger partial charge in [-0.25, -0.2) is 9.78 Å². The normalized spacial score (nSPS) is 10.4. The Kier molecular flexibility index (Phi) is 6.81. The van der Waals surface area contributed by atoms with Gasteiger partial charge in [0.05, 0.1) is 10.0 Å². The van der Waals surface area contributed by atoms with Gasteiger partial charge in [0, 0.05) is 37.6 Å². The van der Waals surface area contributed by atoms with Crippen LogP contribution in [0.1, 0.15) is 5.69 Å². The van der Waals surface area contributed by atoms with Gasteiger partial charge < -0.3 is 15.5 Å². The van der Waals surface area contributed by atoms with Gasteiger partial charge in [0.25, 0.3) is 0 Å². The van der Waals surface area contributed by atoms with E-state index in [0.29, 0.717) is 15.7 Å². The van der Waals surface area contributed by atoms with Crippen LogP contribution in [0.2, 0.25) is 10.0 Å². The zero-order chi connectivity index (χ0) is 18.4. The number of halogens is 2. The number of carbonyl (C=O) groups excluding carboxylic acids is 1. The predicted octanol–water partition coefficient (Wildman–Crippen LogP) is 3.39. The first-order valence-corrected chi connectivity index (χ1v) is 8.39. The van der Waals surface area contributed by atoms with Gasteiger partial charge in [0.1, 0.15) is 5.82 Å². The highest BCUT2D eigenvalue weighted by Gasteiger charge is 2.10. The molecule has 0 saturated carbocycles. The van der Waals surface area contributed by atoms with Crippen LogP contribution < -0.4 is 20.9 Å². The Morgan fingerprint density at radius 2 is 1.92 bits per heavy atom. The van der Waals surface area contributed by atoms with Crippen molar-refractivity contribution in [1.82, 2.24) is 15.3 Å². The van der Waals surface area contributed by atoms with Gasteiger partial charge in [-0.05, 0) is 32.2 Å². The summed E-state index contributed by atoms with van der Waals surface area (Å²) in [5.74, 6) is 0.955. The highest BCUT2D eigenvalue weighted by atomic mass is 35.5. The zero-order valence-electron chi connectivity index (χ0n) is 14.2. The van der Waals surface area contributed by atoms with Crippen LogP contribution in [0, 0.1) is 6.92 Å². The Labute approximate surface area is 156 Å². The maximum atomic E-state index is 12.1. The van der Waals surface area contributed by atoms with Gasteiger partial charge in [-0.3, -0.25) is 5.32 Å². The molecule has 0 spiro atoms. The molecule has 0 radical (unpaired) electrons. The van der Waals surface area contributed by atoms with Gasteiger partial charge in [0.15, 0.2) is 0 Å². The molecule has 9 heteroatoms. The molecule has 1 aromatic carbocycles. The first-order valence-electron chi connectivity index (χ1n) is 7.63. The first-order chi connectivity index (χ1) is 11.9. The summed E-state index contributed by atoms with van der Waals surface area (Å²) >= 11 is 11.8. The number of amides is 2. The van der Waals surface area contributed by atoms with Gasteiger partial charge in [-0.2, -0.15) is 4.98 Å². The van der Waals surface area contributed by atoms with Crippen LogP contribution in [0.3, 0.4) is 0 Å². The van der Waals surface area contributed by atoms with Crippen molar-refractivity contribution < 1.29 is 4.79 Å². The number of benzene rings is 1. The van der Waals surface area contributed by atoms with Gasteiger partial charge in [-0.15, -0.1) is 0 Å². The minimum Gasteiger partial charge on any atom is -0.358 e. The van der Waals surface area contributed by atoms with E-state index >= 15 is 0 Å². The molecule has 0 fully saturated rings. The second-order valence-electron chi connectivity index (χ2n) is 5.42. The lowest BCUT2D eigenvalue weighted by molar-refractivity contribution is 0.262. The van der Waals surface area contributed by atoms with Crippen molar-refractivity contribution in [1.29, 1.82) is 0 Å². The van der Waals surface area contributed by atoms with E-state index in [1.165, 1.54) is 0 Å². The molecule has 2 rings (SSSR count). The Bertz CT molecular complexity index is 755. The Balaban J connectivity index is 2.06. The molecule has 25 heavy (non-hydrogen) atoms. The lowest BCUT2D eigenvalue weighted by Gasteiger charge is -2.19. The van der Waals surface area contributed by atoms with Crippen LogP contribution in [0.5, 0.6) is 0 Å². The first kappa shape index (κ1) is 19.2. The van der Waals surface area contributed by atoms with E-state index in [4.69, 9.17) is 23.2 Å². The number of aryl methyl sites for hydroxylation is 1. The molecule has 2 amide bonds. The molecule has 0 aliphatic rings. The third-order valence-electron chi connectivity index (χ3n) is 3.33. The van der Waals surface area contributed by atoms with E-state index in [9.17, 15) is 4.79 Å². The summed E-state index contributed by atoms with van der Waals surface area (Å²) in [6.07, 6.45) is 0. The Morgan fingerprint density at radius 1 is 1.16 bits per heavy atom. The van der Waals surface area contributed by atoms with Gasteiger partial charge in [0.2, 0.25) is 5.95 Å². The minimum absolute atomic E-state index is 0.226. The molecule has 3 N–H and O–H groups in total. The topological polar surface area (TPSA) is 82.2 Å². The standard InChI is InChI=1S/C16H20Cl2N6O/c1-10-8-14(24(3)7-6-19-2)22-15(20-10)23-16(25)21-11-4-5-12(17)13(18)9-11/h4-5,8-9,19H,6-7H2,1-3H3,(H2,20,21,22,23,25). The third-order valence-corrected chi connectivity index (χ3v) is 4.07. The van der Waals surface area contributed by atoms with Crippen LogP contribution in [-0.4, -0.2) is 43.2 Å². The van der Waals surface area contributed by atoms with Crippen molar-refractivity contribution >= 4 is 46.7 Å². The van der Waals surface area contributed by atoms with E-state index in [0.717, 1.165) is 24.6 Å². The van der Waals surface area contributed by atoms with Crippen molar-refractivity contribution in [3.63, 3.8) is 0 Å². The van der Waals surface area contributed by atoms with Crippen molar-refractivity contribution in [3.05, 3.63) is 40.0 Å². The number of aromatic nitrogens is 2. The summed E-state index contributed by atoms with van der Waals surface area (Å²) in [5.41, 5.74) is 1.28. The summed E-state index contributed by atoms with van der Waals surface area (Å²) in [5, 5.41) is 9.15. The Morgan fingerprint density at radius 3 is 2.60 bits per heavy atom. The maximum Gasteiger partial charge on any atom is 0.326 e. The fraction of sp³-hybridized carbons (Fsp3) is 0.312. The van der Waals surface area contributed by atoms with E-state index in [2.05, 4.69) is 25.9 Å². The van der Waals surface area contributed by atoms with Crippen molar-refractivity contribution in [2.45, 2.75) is 6.92 Å². The van der Waals surface area contributed by atoms with Crippen LogP contribution in [0.25, 0.3) is 0 Å². The fourth-order valence-electron chi connectivity index (χ4n) is 2.04. The van der Waals surface area contributed by atoms with E-state index < -0.39 is 6.03 Å².